The van der Waals surface area contributed by atoms with E-state index in [1.54, 1.807) is 30.3 Å². The smallest absolute Gasteiger partial charge is 0.401 e. The van der Waals surface area contributed by atoms with Crippen molar-refractivity contribution in [2.45, 2.75) is 4.52 Å². The highest BCUT2D eigenvalue weighted by Crippen LogP contribution is 2.27. The van der Waals surface area contributed by atoms with Crippen molar-refractivity contribution in [2.75, 3.05) is 0 Å². The molecule has 1 rings (SSSR count). The van der Waals surface area contributed by atoms with E-state index in [0.29, 0.717) is 5.75 Å². The molecule has 0 heterocycles. The van der Waals surface area contributed by atoms with Gasteiger partial charge in [-0.3, -0.25) is 0 Å². The molecule has 0 aliphatic heterocycles. The van der Waals surface area contributed by atoms with Crippen LogP contribution in [0, 0.1) is 0 Å². The van der Waals surface area contributed by atoms with Crippen molar-refractivity contribution < 1.29 is 13.8 Å². The average Bonchev–Trinajstić information content (AvgIpc) is 2.17. The fourth-order valence-electron chi connectivity index (χ4n) is 0.723. The molecule has 0 bridgehead atoms. The van der Waals surface area contributed by atoms with E-state index in [1.807, 2.05) is 0 Å². The lowest BCUT2D eigenvalue weighted by atomic mass is 10.3. The number of hydrogen-bond donors (Lipinski definition) is 0. The van der Waals surface area contributed by atoms with Gasteiger partial charge in [0.25, 0.3) is 0 Å². The standard InChI is InChI=1S/C8H5Cl3O3/c9-8(10,7(12)14-11)13-6-4-2-1-3-5-6/h1-5H. The van der Waals surface area contributed by atoms with Crippen molar-refractivity contribution >= 4 is 41.0 Å². The summed E-state index contributed by atoms with van der Waals surface area (Å²) in [6, 6.07) is 8.34. The van der Waals surface area contributed by atoms with Crippen LogP contribution in [0.1, 0.15) is 0 Å². The number of carbonyl (C=O) groups is 1. The molecule has 0 N–H and O–H groups in total. The number of ether oxygens (including phenoxy) is 1. The Morgan fingerprint density at radius 2 is 1.79 bits per heavy atom. The molecule has 0 amide bonds. The van der Waals surface area contributed by atoms with Crippen LogP contribution in [-0.4, -0.2) is 10.5 Å². The first-order chi connectivity index (χ1) is 6.56. The summed E-state index contributed by atoms with van der Waals surface area (Å²) < 4.78 is 6.62. The molecule has 0 atom stereocenters. The third kappa shape index (κ3) is 2.94. The van der Waals surface area contributed by atoms with Gasteiger partial charge in [-0.2, -0.15) is 0 Å². The van der Waals surface area contributed by atoms with Crippen molar-refractivity contribution in [3.8, 4) is 5.75 Å². The van der Waals surface area contributed by atoms with Gasteiger partial charge >= 0.3 is 10.5 Å². The van der Waals surface area contributed by atoms with E-state index in [9.17, 15) is 4.79 Å². The van der Waals surface area contributed by atoms with Gasteiger partial charge in [-0.15, -0.1) is 0 Å². The van der Waals surface area contributed by atoms with Crippen molar-refractivity contribution in [3.05, 3.63) is 30.3 Å². The van der Waals surface area contributed by atoms with Crippen LogP contribution in [0.5, 0.6) is 5.75 Å². The Hall–Kier alpha value is -0.640. The SMILES string of the molecule is O=C(OCl)C(Cl)(Cl)Oc1ccccc1. The van der Waals surface area contributed by atoms with Gasteiger partial charge < -0.3 is 9.03 Å². The minimum Gasteiger partial charge on any atom is -0.449 e. The molecule has 1 aromatic rings. The van der Waals surface area contributed by atoms with E-state index < -0.39 is 10.5 Å². The molecule has 1 aromatic carbocycles. The van der Waals surface area contributed by atoms with Gasteiger partial charge in [0, 0.05) is 0 Å². The molecule has 0 aliphatic carbocycles. The van der Waals surface area contributed by atoms with E-state index >= 15 is 0 Å². The normalized spacial score (nSPS) is 10.8. The average molecular weight is 255 g/mol. The van der Waals surface area contributed by atoms with E-state index in [1.165, 1.54) is 0 Å². The summed E-state index contributed by atoms with van der Waals surface area (Å²) in [6.45, 7) is 0. The molecule has 0 saturated carbocycles. The Bertz CT molecular complexity index is 313. The summed E-state index contributed by atoms with van der Waals surface area (Å²) in [5.74, 6) is -0.758. The third-order valence-electron chi connectivity index (χ3n) is 1.30. The number of carbonyl (C=O) groups excluding carboxylic acids is 1. The number of alkyl halides is 2. The zero-order valence-corrected chi connectivity index (χ0v) is 9.01. The summed E-state index contributed by atoms with van der Waals surface area (Å²) in [6.07, 6.45) is 0. The number of hydrogen-bond acceptors (Lipinski definition) is 3. The maximum Gasteiger partial charge on any atom is 0.401 e. The van der Waals surface area contributed by atoms with Gasteiger partial charge in [-0.25, -0.2) is 4.79 Å². The van der Waals surface area contributed by atoms with Gasteiger partial charge in [-0.1, -0.05) is 18.2 Å². The van der Waals surface area contributed by atoms with Crippen LogP contribution >= 0.6 is 35.1 Å². The molecule has 6 heteroatoms. The lowest BCUT2D eigenvalue weighted by molar-refractivity contribution is -0.140. The Kier molecular flexibility index (Phi) is 3.86. The van der Waals surface area contributed by atoms with Gasteiger partial charge in [0.1, 0.15) is 17.6 Å². The largest absolute Gasteiger partial charge is 0.449 e. The van der Waals surface area contributed by atoms with Crippen LogP contribution in [-0.2, 0) is 9.08 Å². The number of para-hydroxylation sites is 1. The Labute approximate surface area is 95.6 Å². The Morgan fingerprint density at radius 3 is 2.29 bits per heavy atom. The van der Waals surface area contributed by atoms with Crippen molar-refractivity contribution in [2.24, 2.45) is 0 Å². The first-order valence-electron chi connectivity index (χ1n) is 3.51. The third-order valence-corrected chi connectivity index (χ3v) is 1.90. The van der Waals surface area contributed by atoms with Crippen LogP contribution in [0.2, 0.25) is 0 Å². The molecule has 0 radical (unpaired) electrons. The van der Waals surface area contributed by atoms with E-state index in [2.05, 4.69) is 4.29 Å². The molecular formula is C8H5Cl3O3. The zero-order valence-electron chi connectivity index (χ0n) is 6.75. The molecule has 3 nitrogen and oxygen atoms in total. The first-order valence-corrected chi connectivity index (χ1v) is 4.57. The second-order valence-electron chi connectivity index (χ2n) is 2.30. The van der Waals surface area contributed by atoms with Gasteiger partial charge in [0.2, 0.25) is 0 Å². The van der Waals surface area contributed by atoms with Crippen molar-refractivity contribution in [1.82, 2.24) is 0 Å². The molecule has 76 valence electrons. The number of halogens is 3. The van der Waals surface area contributed by atoms with Crippen molar-refractivity contribution in [3.63, 3.8) is 0 Å². The Balaban J connectivity index is 2.73. The molecule has 0 unspecified atom stereocenters. The van der Waals surface area contributed by atoms with Crippen LogP contribution in [0.4, 0.5) is 0 Å². The van der Waals surface area contributed by atoms with Crippen LogP contribution in [0.25, 0.3) is 0 Å². The number of rotatable bonds is 3. The lowest BCUT2D eigenvalue weighted by Gasteiger charge is -2.16. The van der Waals surface area contributed by atoms with Crippen LogP contribution in [0.15, 0.2) is 30.3 Å². The summed E-state index contributed by atoms with van der Waals surface area (Å²) in [5.41, 5.74) is 0. The maximum atomic E-state index is 10.9. The molecule has 0 saturated heterocycles. The van der Waals surface area contributed by atoms with Gasteiger partial charge in [-0.05, 0) is 35.3 Å². The Morgan fingerprint density at radius 1 is 1.21 bits per heavy atom. The molecule has 0 aromatic heterocycles. The second-order valence-corrected chi connectivity index (χ2v) is 3.71. The lowest BCUT2D eigenvalue weighted by Crippen LogP contribution is -2.32. The van der Waals surface area contributed by atoms with Gasteiger partial charge in [0.05, 0.1) is 0 Å². The fraction of sp³-hybridized carbons (Fsp3) is 0.125. The van der Waals surface area contributed by atoms with Crippen LogP contribution < -0.4 is 4.74 Å². The monoisotopic (exact) mass is 254 g/mol. The highest BCUT2D eigenvalue weighted by atomic mass is 35.5. The zero-order chi connectivity index (χ0) is 10.6. The summed E-state index contributed by atoms with van der Waals surface area (Å²) in [5, 5.41) is 0. The summed E-state index contributed by atoms with van der Waals surface area (Å²) in [7, 11) is 0. The van der Waals surface area contributed by atoms with Gasteiger partial charge in [0.15, 0.2) is 0 Å². The molecular weight excluding hydrogens is 250 g/mol. The molecule has 14 heavy (non-hydrogen) atoms. The van der Waals surface area contributed by atoms with E-state index in [0.717, 1.165) is 0 Å². The predicted molar refractivity (Wildman–Crippen MR) is 53.5 cm³/mol. The van der Waals surface area contributed by atoms with E-state index in [-0.39, 0.29) is 0 Å². The quantitative estimate of drug-likeness (QED) is 0.779. The van der Waals surface area contributed by atoms with Crippen LogP contribution in [0.3, 0.4) is 0 Å². The first kappa shape index (κ1) is 11.4. The van der Waals surface area contributed by atoms with Crippen molar-refractivity contribution in [1.29, 1.82) is 0 Å². The second kappa shape index (κ2) is 4.73. The summed E-state index contributed by atoms with van der Waals surface area (Å²) in [4.78, 5) is 10.9. The maximum absolute atomic E-state index is 10.9. The molecule has 0 aliphatic rings. The molecule has 0 spiro atoms. The van der Waals surface area contributed by atoms with E-state index in [4.69, 9.17) is 39.8 Å². The molecule has 0 fully saturated rings. The number of benzene rings is 1. The topological polar surface area (TPSA) is 35.5 Å². The predicted octanol–water partition coefficient (Wildman–Crippen LogP) is 2.89. The minimum absolute atomic E-state index is 0.333. The highest BCUT2D eigenvalue weighted by molar-refractivity contribution is 6.57. The fourth-order valence-corrected chi connectivity index (χ4v) is 1.17. The minimum atomic E-state index is -2.14. The highest BCUT2D eigenvalue weighted by Gasteiger charge is 2.38. The summed E-state index contributed by atoms with van der Waals surface area (Å²) >= 11 is 15.8.